The number of anilines is 1. The van der Waals surface area contributed by atoms with Crippen LogP contribution in [0.4, 0.5) is 17.1 Å². The molecule has 0 fully saturated rings. The monoisotopic (exact) mass is 581 g/mol. The maximum atomic E-state index is 13.4. The molecule has 0 atom stereocenters. The number of halogens is 2. The number of rotatable bonds is 6. The maximum absolute atomic E-state index is 13.4. The predicted octanol–water partition coefficient (Wildman–Crippen LogP) is 3.46. The molecule has 0 aliphatic carbocycles. The van der Waals surface area contributed by atoms with E-state index in [1.807, 2.05) is 0 Å². The van der Waals surface area contributed by atoms with E-state index in [1.54, 1.807) is 42.5 Å². The van der Waals surface area contributed by atoms with Crippen LogP contribution in [0.2, 0.25) is 10.0 Å². The van der Waals surface area contributed by atoms with Crippen LogP contribution in [-0.4, -0.2) is 26.0 Å². The molecule has 4 rings (SSSR count). The van der Waals surface area contributed by atoms with Crippen LogP contribution in [0.1, 0.15) is 15.9 Å². The molecule has 4 aromatic rings. The molecule has 2 N–H and O–H groups in total. The van der Waals surface area contributed by atoms with Crippen LogP contribution in [0.3, 0.4) is 0 Å². The number of amides is 1. The van der Waals surface area contributed by atoms with Crippen molar-refractivity contribution in [3.63, 3.8) is 0 Å². The average Bonchev–Trinajstić information content (AvgIpc) is 2.84. The number of ether oxygens (including phenoxy) is 1. The van der Waals surface area contributed by atoms with Crippen LogP contribution >= 0.6 is 23.2 Å². The van der Waals surface area contributed by atoms with Crippen LogP contribution in [0.25, 0.3) is 10.8 Å². The second kappa shape index (κ2) is 12.0. The van der Waals surface area contributed by atoms with Crippen molar-refractivity contribution in [2.75, 3.05) is 12.4 Å². The standard InChI is InChI=1S/C25H19Cl2N3O6S.Na/c1-13-10-15(37(33,34)35)12-18(26)22(13)29-30-23-16-7-4-3-6-14(16)11-17(24(23)31)25(32)28-19-8-5-9-20(36-2)21(19)27;/h3-12,31H,1-2H3,(H,28,32)(H,33,34,35);/q;+1/p-1. The molecule has 0 spiro atoms. The summed E-state index contributed by atoms with van der Waals surface area (Å²) < 4.78 is 37.4. The molecule has 4 aromatic carbocycles. The fourth-order valence-electron chi connectivity index (χ4n) is 3.61. The number of aryl methyl sites for hydroxylation is 1. The topological polar surface area (TPSA) is 140 Å². The number of azo groups is 1. The summed E-state index contributed by atoms with van der Waals surface area (Å²) in [4.78, 5) is 12.7. The zero-order chi connectivity index (χ0) is 26.9. The molecule has 0 radical (unpaired) electrons. The van der Waals surface area contributed by atoms with Crippen molar-refractivity contribution in [2.24, 2.45) is 10.2 Å². The average molecular weight is 582 g/mol. The van der Waals surface area contributed by atoms with Gasteiger partial charge in [0.25, 0.3) is 16.0 Å². The van der Waals surface area contributed by atoms with E-state index in [4.69, 9.17) is 27.9 Å². The molecular formula is C25H18Cl2N3NaO6S. The summed E-state index contributed by atoms with van der Waals surface area (Å²) in [5.74, 6) is -1.06. The van der Waals surface area contributed by atoms with E-state index in [-0.39, 0.29) is 62.2 Å². The fraction of sp³-hybridized carbons (Fsp3) is 0.0800. The number of nitrogens with one attached hydrogen (secondary N) is 1. The molecule has 190 valence electrons. The first-order valence-electron chi connectivity index (χ1n) is 10.6. The van der Waals surface area contributed by atoms with Crippen molar-refractivity contribution >= 4 is 67.1 Å². The van der Waals surface area contributed by atoms with Gasteiger partial charge < -0.3 is 15.2 Å². The van der Waals surface area contributed by atoms with Gasteiger partial charge in [0.05, 0.1) is 28.4 Å². The molecule has 0 saturated carbocycles. The Balaban J connectivity index is 0.00000400. The first-order chi connectivity index (χ1) is 17.5. The molecule has 38 heavy (non-hydrogen) atoms. The van der Waals surface area contributed by atoms with Gasteiger partial charge in [0, 0.05) is 10.9 Å². The maximum Gasteiger partial charge on any atom is 1.00 e. The minimum absolute atomic E-state index is 0. The largest absolute Gasteiger partial charge is 1.00 e. The van der Waals surface area contributed by atoms with Gasteiger partial charge in [-0.15, -0.1) is 5.11 Å². The molecule has 0 heterocycles. The van der Waals surface area contributed by atoms with E-state index in [0.29, 0.717) is 22.1 Å². The first kappa shape index (κ1) is 29.9. The summed E-state index contributed by atoms with van der Waals surface area (Å²) in [5.41, 5.74) is 0.325. The Morgan fingerprint density at radius 2 is 1.71 bits per heavy atom. The predicted molar refractivity (Wildman–Crippen MR) is 140 cm³/mol. The molecule has 0 unspecified atom stereocenters. The number of nitrogens with zero attached hydrogens (tertiary/aromatic N) is 2. The summed E-state index contributed by atoms with van der Waals surface area (Å²) in [6.07, 6.45) is 0. The van der Waals surface area contributed by atoms with Crippen molar-refractivity contribution in [1.82, 2.24) is 0 Å². The third-order valence-corrected chi connectivity index (χ3v) is 6.94. The number of fused-ring (bicyclic) bond motifs is 1. The zero-order valence-corrected chi connectivity index (χ0v) is 24.6. The molecule has 0 saturated heterocycles. The van der Waals surface area contributed by atoms with Gasteiger partial charge in [0.1, 0.15) is 16.5 Å². The number of carbonyl (C=O) groups excluding carboxylic acids is 1. The van der Waals surface area contributed by atoms with Gasteiger partial charge in [0.15, 0.2) is 0 Å². The molecule has 0 aromatic heterocycles. The van der Waals surface area contributed by atoms with Crippen molar-refractivity contribution in [1.29, 1.82) is 0 Å². The molecule has 1 amide bonds. The minimum atomic E-state index is -4.48. The van der Waals surface area contributed by atoms with E-state index in [1.165, 1.54) is 26.2 Å². The second-order valence-corrected chi connectivity index (χ2v) is 10.1. The van der Waals surface area contributed by atoms with E-state index in [0.717, 1.165) is 6.07 Å². The normalized spacial score (nSPS) is 11.4. The van der Waals surface area contributed by atoms with Crippen LogP contribution in [0, 0.1) is 6.92 Å². The van der Waals surface area contributed by atoms with Crippen molar-refractivity contribution < 1.29 is 57.2 Å². The Labute approximate surface area is 250 Å². The summed E-state index contributed by atoms with van der Waals surface area (Å²) in [6, 6.07) is 15.3. The van der Waals surface area contributed by atoms with Gasteiger partial charge in [-0.05, 0) is 48.2 Å². The Morgan fingerprint density at radius 1 is 1.03 bits per heavy atom. The Morgan fingerprint density at radius 3 is 2.37 bits per heavy atom. The number of hydrogen-bond donors (Lipinski definition) is 2. The van der Waals surface area contributed by atoms with Crippen LogP contribution in [0.15, 0.2) is 75.8 Å². The zero-order valence-electron chi connectivity index (χ0n) is 20.3. The van der Waals surface area contributed by atoms with E-state index in [2.05, 4.69) is 15.5 Å². The van der Waals surface area contributed by atoms with Crippen molar-refractivity contribution in [3.8, 4) is 11.5 Å². The number of carbonyl (C=O) groups is 1. The number of methoxy groups -OCH3 is 1. The third kappa shape index (κ3) is 6.13. The summed E-state index contributed by atoms with van der Waals surface area (Å²) in [5, 5.41) is 25.3. The van der Waals surface area contributed by atoms with Gasteiger partial charge in [-0.25, -0.2) is 0 Å². The fourth-order valence-corrected chi connectivity index (χ4v) is 4.82. The van der Waals surface area contributed by atoms with Crippen LogP contribution in [-0.2, 0) is 10.1 Å². The summed E-state index contributed by atoms with van der Waals surface area (Å²) in [7, 11) is -3.05. The quantitative estimate of drug-likeness (QED) is 0.203. The van der Waals surface area contributed by atoms with Gasteiger partial charge >= 0.3 is 29.6 Å². The molecule has 0 bridgehead atoms. The minimum Gasteiger partial charge on any atom is -0.870 e. The van der Waals surface area contributed by atoms with E-state index in [9.17, 15) is 22.9 Å². The van der Waals surface area contributed by atoms with Gasteiger partial charge in [-0.2, -0.15) is 13.5 Å². The molecule has 0 aliphatic rings. The summed E-state index contributed by atoms with van der Waals surface area (Å²) in [6.45, 7) is 1.52. The third-order valence-electron chi connectivity index (χ3n) is 5.43. The van der Waals surface area contributed by atoms with Gasteiger partial charge in [0.2, 0.25) is 0 Å². The molecular weight excluding hydrogens is 564 g/mol. The van der Waals surface area contributed by atoms with Gasteiger partial charge in [-0.3, -0.25) is 9.35 Å². The van der Waals surface area contributed by atoms with Crippen LogP contribution < -0.4 is 44.7 Å². The second-order valence-electron chi connectivity index (χ2n) is 7.84. The van der Waals surface area contributed by atoms with E-state index >= 15 is 0 Å². The number of hydrogen-bond acceptors (Lipinski definition) is 7. The van der Waals surface area contributed by atoms with E-state index < -0.39 is 26.7 Å². The van der Waals surface area contributed by atoms with Crippen molar-refractivity contribution in [2.45, 2.75) is 11.8 Å². The Bertz CT molecular complexity index is 1670. The van der Waals surface area contributed by atoms with Crippen molar-refractivity contribution in [3.05, 3.63) is 81.8 Å². The Hall–Kier alpha value is -2.70. The molecule has 9 nitrogen and oxygen atoms in total. The molecule has 13 heteroatoms. The SMILES string of the molecule is COc1cccc(NC(=O)c2cc3ccccc3c(N=Nc3c(C)cc(S(=O)(=O)O)cc3Cl)c2[O-])c1Cl.[Na+]. The number of benzene rings is 4. The van der Waals surface area contributed by atoms with Gasteiger partial charge in [-0.1, -0.05) is 59.3 Å². The Kier molecular flexibility index (Phi) is 9.43. The first-order valence-corrected chi connectivity index (χ1v) is 12.8. The molecule has 0 aliphatic heterocycles. The summed E-state index contributed by atoms with van der Waals surface area (Å²) >= 11 is 12.5. The van der Waals surface area contributed by atoms with Crippen LogP contribution in [0.5, 0.6) is 11.5 Å². The smallest absolute Gasteiger partial charge is 0.870 e.